The van der Waals surface area contributed by atoms with Crippen molar-refractivity contribution in [3.8, 4) is 0 Å². The van der Waals surface area contributed by atoms with Crippen LogP contribution in [0.15, 0.2) is 24.3 Å². The average Bonchev–Trinajstić information content (AvgIpc) is 3.05. The van der Waals surface area contributed by atoms with Crippen molar-refractivity contribution in [3.05, 3.63) is 24.3 Å². The zero-order chi connectivity index (χ0) is 35.7. The minimum atomic E-state index is -4.70. The molecule has 0 saturated heterocycles. The molecule has 3 atom stereocenters. The lowest BCUT2D eigenvalue weighted by atomic mass is 10.1. The summed E-state index contributed by atoms with van der Waals surface area (Å²) in [4.78, 5) is 45.6. The highest BCUT2D eigenvalue weighted by Crippen LogP contribution is 2.43. The Morgan fingerprint density at radius 2 is 1.08 bits per heavy atom. The smallest absolute Gasteiger partial charge is 0.472 e. The van der Waals surface area contributed by atoms with Gasteiger partial charge in [-0.15, -0.1) is 0 Å². The van der Waals surface area contributed by atoms with Crippen molar-refractivity contribution >= 4 is 25.7 Å². The van der Waals surface area contributed by atoms with Crippen molar-refractivity contribution in [2.45, 2.75) is 167 Å². The molecule has 0 aliphatic rings. The number of carboxylic acids is 1. The molecule has 4 N–H and O–H groups in total. The number of esters is 2. The van der Waals surface area contributed by atoms with Crippen LogP contribution in [0.4, 0.5) is 0 Å². The number of carbonyl (C=O) groups excluding carboxylic acids is 2. The van der Waals surface area contributed by atoms with E-state index in [0.29, 0.717) is 12.8 Å². The van der Waals surface area contributed by atoms with Crippen LogP contribution in [0.5, 0.6) is 0 Å². The van der Waals surface area contributed by atoms with E-state index < -0.39 is 51.1 Å². The van der Waals surface area contributed by atoms with Crippen LogP contribution in [-0.2, 0) is 37.5 Å². The molecular weight excluding hydrogens is 637 g/mol. The molecule has 11 nitrogen and oxygen atoms in total. The lowest BCUT2D eigenvalue weighted by Gasteiger charge is -2.20. The largest absolute Gasteiger partial charge is 0.480 e. The van der Waals surface area contributed by atoms with Crippen molar-refractivity contribution in [3.63, 3.8) is 0 Å². The lowest BCUT2D eigenvalue weighted by Crippen LogP contribution is -2.34. The Labute approximate surface area is 290 Å². The second kappa shape index (κ2) is 32.2. The van der Waals surface area contributed by atoms with Gasteiger partial charge in [0.1, 0.15) is 12.6 Å². The van der Waals surface area contributed by atoms with Gasteiger partial charge in [0.2, 0.25) is 0 Å². The SMILES string of the molecule is CCCCCC/C=C/C=C/CCCCCCCC(=O)OC[C@@H](COP(=O)(O)OC[C@@H](N)C(=O)O)OC(=O)CCCCCCCCCCC. The summed E-state index contributed by atoms with van der Waals surface area (Å²) in [5.41, 5.74) is 5.30. The number of carbonyl (C=O) groups is 3. The van der Waals surface area contributed by atoms with Gasteiger partial charge in [-0.3, -0.25) is 23.4 Å². The molecule has 0 bridgehead atoms. The van der Waals surface area contributed by atoms with E-state index in [1.165, 1.54) is 57.8 Å². The van der Waals surface area contributed by atoms with Crippen LogP contribution in [0.2, 0.25) is 0 Å². The second-order valence-corrected chi connectivity index (χ2v) is 13.8. The van der Waals surface area contributed by atoms with E-state index in [1.54, 1.807) is 0 Å². The Bertz CT molecular complexity index is 926. The van der Waals surface area contributed by atoms with Crippen molar-refractivity contribution in [2.24, 2.45) is 5.73 Å². The first kappa shape index (κ1) is 46.0. The van der Waals surface area contributed by atoms with Gasteiger partial charge in [0.05, 0.1) is 13.2 Å². The van der Waals surface area contributed by atoms with Crippen molar-refractivity contribution in [1.29, 1.82) is 0 Å². The molecule has 0 aromatic heterocycles. The minimum Gasteiger partial charge on any atom is -0.480 e. The van der Waals surface area contributed by atoms with Crippen LogP contribution < -0.4 is 5.73 Å². The van der Waals surface area contributed by atoms with E-state index in [-0.39, 0.29) is 19.4 Å². The molecule has 0 saturated carbocycles. The first-order valence-electron chi connectivity index (χ1n) is 18.4. The number of ether oxygens (including phenoxy) is 2. The maximum atomic E-state index is 12.5. The molecule has 12 heteroatoms. The molecule has 0 aliphatic carbocycles. The van der Waals surface area contributed by atoms with E-state index in [0.717, 1.165) is 57.8 Å². The molecule has 0 rings (SSSR count). The fraction of sp³-hybridized carbons (Fsp3) is 0.806. The van der Waals surface area contributed by atoms with Gasteiger partial charge in [-0.25, -0.2) is 4.57 Å². The molecular formula is C36H66NO10P. The number of hydrogen-bond acceptors (Lipinski definition) is 9. The lowest BCUT2D eigenvalue weighted by molar-refractivity contribution is -0.161. The highest BCUT2D eigenvalue weighted by molar-refractivity contribution is 7.47. The minimum absolute atomic E-state index is 0.159. The number of unbranched alkanes of at least 4 members (excludes halogenated alkanes) is 17. The summed E-state index contributed by atoms with van der Waals surface area (Å²) in [5, 5.41) is 8.84. The van der Waals surface area contributed by atoms with Gasteiger partial charge in [-0.1, -0.05) is 128 Å². The molecule has 0 spiro atoms. The third kappa shape index (κ3) is 31.2. The number of rotatable bonds is 34. The molecule has 0 aliphatic heterocycles. The Morgan fingerprint density at radius 1 is 0.646 bits per heavy atom. The summed E-state index contributed by atoms with van der Waals surface area (Å²) in [6.07, 6.45) is 29.7. The quantitative estimate of drug-likeness (QED) is 0.0253. The highest BCUT2D eigenvalue weighted by atomic mass is 31.2. The van der Waals surface area contributed by atoms with Crippen LogP contribution in [0.25, 0.3) is 0 Å². The number of phosphoric ester groups is 1. The molecule has 0 fully saturated rings. The third-order valence-electron chi connectivity index (χ3n) is 7.73. The van der Waals surface area contributed by atoms with Crippen LogP contribution >= 0.6 is 7.82 Å². The Balaban J connectivity index is 4.45. The van der Waals surface area contributed by atoms with Crippen molar-refractivity contribution in [1.82, 2.24) is 0 Å². The van der Waals surface area contributed by atoms with E-state index in [9.17, 15) is 23.8 Å². The zero-order valence-corrected chi connectivity index (χ0v) is 30.7. The maximum Gasteiger partial charge on any atom is 0.472 e. The maximum absolute atomic E-state index is 12.5. The standard InChI is InChI=1S/C36H66NO10P/c1-3-5-7-9-11-13-14-15-16-17-18-20-21-23-25-27-34(38)44-29-32(30-45-48(42,43)46-31-33(37)36(40)41)47-35(39)28-26-24-22-19-12-10-8-6-4-2/h13-16,32-33H,3-12,17-31,37H2,1-2H3,(H,40,41)(H,42,43)/b14-13+,16-15+/t32-,33+/m0/s1. The average molecular weight is 704 g/mol. The number of aliphatic carboxylic acids is 1. The van der Waals surface area contributed by atoms with Gasteiger partial charge in [0.25, 0.3) is 0 Å². The number of hydrogen-bond donors (Lipinski definition) is 3. The second-order valence-electron chi connectivity index (χ2n) is 12.4. The Morgan fingerprint density at radius 3 is 1.60 bits per heavy atom. The van der Waals surface area contributed by atoms with Gasteiger partial charge >= 0.3 is 25.7 Å². The van der Waals surface area contributed by atoms with E-state index in [1.807, 2.05) is 0 Å². The number of nitrogens with two attached hydrogens (primary N) is 1. The van der Waals surface area contributed by atoms with Gasteiger partial charge in [-0.2, -0.15) is 0 Å². The topological polar surface area (TPSA) is 172 Å². The monoisotopic (exact) mass is 703 g/mol. The normalized spacial score (nSPS) is 14.2. The molecule has 0 aromatic carbocycles. The Hall–Kier alpha value is -2.04. The first-order valence-corrected chi connectivity index (χ1v) is 19.9. The third-order valence-corrected chi connectivity index (χ3v) is 8.68. The van der Waals surface area contributed by atoms with Gasteiger partial charge in [0.15, 0.2) is 6.10 Å². The summed E-state index contributed by atoms with van der Waals surface area (Å²) in [5.74, 6) is -2.40. The number of carboxylic acid groups (broad SMARTS) is 1. The first-order chi connectivity index (χ1) is 23.1. The molecule has 0 aromatic rings. The molecule has 280 valence electrons. The predicted octanol–water partition coefficient (Wildman–Crippen LogP) is 8.72. The summed E-state index contributed by atoms with van der Waals surface area (Å²) in [7, 11) is -4.70. The number of phosphoric acid groups is 1. The van der Waals surface area contributed by atoms with Gasteiger partial charge in [-0.05, 0) is 38.5 Å². The van der Waals surface area contributed by atoms with Crippen molar-refractivity contribution in [2.75, 3.05) is 19.8 Å². The van der Waals surface area contributed by atoms with Crippen LogP contribution in [0, 0.1) is 0 Å². The molecule has 48 heavy (non-hydrogen) atoms. The summed E-state index contributed by atoms with van der Waals surface area (Å²) in [6.45, 7) is 2.71. The Kier molecular flexibility index (Phi) is 30.8. The fourth-order valence-electron chi connectivity index (χ4n) is 4.76. The predicted molar refractivity (Wildman–Crippen MR) is 189 cm³/mol. The summed E-state index contributed by atoms with van der Waals surface area (Å²) in [6, 6.07) is -1.52. The molecule has 0 heterocycles. The summed E-state index contributed by atoms with van der Waals surface area (Å²) >= 11 is 0. The van der Waals surface area contributed by atoms with Crippen LogP contribution in [0.1, 0.15) is 155 Å². The highest BCUT2D eigenvalue weighted by Gasteiger charge is 2.28. The van der Waals surface area contributed by atoms with E-state index in [4.69, 9.17) is 24.8 Å². The fourth-order valence-corrected chi connectivity index (χ4v) is 5.54. The molecule has 0 amide bonds. The van der Waals surface area contributed by atoms with Gasteiger partial charge in [0, 0.05) is 12.8 Å². The van der Waals surface area contributed by atoms with Crippen LogP contribution in [-0.4, -0.2) is 59.9 Å². The van der Waals surface area contributed by atoms with E-state index in [2.05, 4.69) is 42.7 Å². The molecule has 1 unspecified atom stereocenters. The summed E-state index contributed by atoms with van der Waals surface area (Å²) < 4.78 is 32.4. The number of allylic oxidation sites excluding steroid dienone is 4. The van der Waals surface area contributed by atoms with E-state index >= 15 is 0 Å². The van der Waals surface area contributed by atoms with Gasteiger partial charge < -0.3 is 25.2 Å². The molecule has 0 radical (unpaired) electrons. The van der Waals surface area contributed by atoms with Crippen molar-refractivity contribution < 1.29 is 47.5 Å². The zero-order valence-electron chi connectivity index (χ0n) is 29.8. The van der Waals surface area contributed by atoms with Crippen LogP contribution in [0.3, 0.4) is 0 Å².